The van der Waals surface area contributed by atoms with Crippen molar-refractivity contribution in [3.8, 4) is 0 Å². The second-order valence-corrected chi connectivity index (χ2v) is 8.13. The van der Waals surface area contributed by atoms with Crippen LogP contribution in [0.15, 0.2) is 0 Å². The zero-order valence-corrected chi connectivity index (χ0v) is 19.1. The predicted octanol–water partition coefficient (Wildman–Crippen LogP) is 6.11. The highest BCUT2D eigenvalue weighted by atomic mass is 16.5. The van der Waals surface area contributed by atoms with E-state index >= 15 is 0 Å². The summed E-state index contributed by atoms with van der Waals surface area (Å²) in [6, 6.07) is 0. The van der Waals surface area contributed by atoms with E-state index < -0.39 is 0 Å². The van der Waals surface area contributed by atoms with Crippen LogP contribution in [0.1, 0.15) is 117 Å². The number of ether oxygens (including phenoxy) is 1. The lowest BCUT2D eigenvalue weighted by molar-refractivity contribution is -0.143. The van der Waals surface area contributed by atoms with Gasteiger partial charge in [-0.3, -0.25) is 4.79 Å². The van der Waals surface area contributed by atoms with Gasteiger partial charge in [-0.05, 0) is 38.8 Å². The van der Waals surface area contributed by atoms with Gasteiger partial charge in [0.1, 0.15) is 0 Å². The van der Waals surface area contributed by atoms with Crippen molar-refractivity contribution in [3.63, 3.8) is 0 Å². The number of hydrogen-bond donors (Lipinski definition) is 1. The number of esters is 1. The van der Waals surface area contributed by atoms with Gasteiger partial charge >= 0.3 is 5.97 Å². The highest BCUT2D eigenvalue weighted by Gasteiger charge is 2.06. The minimum absolute atomic E-state index is 0.0327. The molecule has 4 heteroatoms. The Hall–Kier alpha value is -0.610. The molecule has 4 nitrogen and oxygen atoms in total. The molecule has 0 aliphatic rings. The fourth-order valence-corrected chi connectivity index (χ4v) is 3.51. The van der Waals surface area contributed by atoms with Crippen molar-refractivity contribution in [1.82, 2.24) is 4.90 Å². The summed E-state index contributed by atoms with van der Waals surface area (Å²) in [7, 11) is 0. The molecule has 0 aliphatic heterocycles. The molecule has 0 aromatic carbocycles. The highest BCUT2D eigenvalue weighted by molar-refractivity contribution is 5.69. The van der Waals surface area contributed by atoms with E-state index in [0.717, 1.165) is 45.3 Å². The van der Waals surface area contributed by atoms with E-state index in [-0.39, 0.29) is 12.6 Å². The molecule has 168 valence electrons. The number of hydrogen-bond acceptors (Lipinski definition) is 4. The van der Waals surface area contributed by atoms with Gasteiger partial charge in [0.05, 0.1) is 13.2 Å². The molecule has 0 radical (unpaired) electrons. The minimum atomic E-state index is -0.0327. The fourth-order valence-electron chi connectivity index (χ4n) is 3.51. The second kappa shape index (κ2) is 22.7. The number of aliphatic hydroxyl groups excluding tert-OH is 1. The van der Waals surface area contributed by atoms with Gasteiger partial charge in [0.15, 0.2) is 0 Å². The van der Waals surface area contributed by atoms with Gasteiger partial charge in [0.2, 0.25) is 0 Å². The quantitative estimate of drug-likeness (QED) is 0.176. The molecule has 0 saturated carbocycles. The summed E-state index contributed by atoms with van der Waals surface area (Å²) in [5, 5.41) is 9.20. The minimum Gasteiger partial charge on any atom is -0.466 e. The van der Waals surface area contributed by atoms with E-state index in [1.54, 1.807) is 0 Å². The van der Waals surface area contributed by atoms with Gasteiger partial charge in [-0.25, -0.2) is 0 Å². The third kappa shape index (κ3) is 20.1. The second-order valence-electron chi connectivity index (χ2n) is 8.13. The molecule has 0 aromatic rings. The molecule has 0 unspecified atom stereocenters. The summed E-state index contributed by atoms with van der Waals surface area (Å²) in [6.45, 7) is 8.19. The van der Waals surface area contributed by atoms with Gasteiger partial charge in [0, 0.05) is 13.0 Å². The predicted molar refractivity (Wildman–Crippen MR) is 120 cm³/mol. The Morgan fingerprint density at radius 3 is 1.75 bits per heavy atom. The number of rotatable bonds is 22. The molecule has 0 saturated heterocycles. The lowest BCUT2D eigenvalue weighted by atomic mass is 10.1. The first-order valence-corrected chi connectivity index (χ1v) is 12.2. The summed E-state index contributed by atoms with van der Waals surface area (Å²) in [5.74, 6) is -0.0327. The summed E-state index contributed by atoms with van der Waals surface area (Å²) in [4.78, 5) is 14.1. The van der Waals surface area contributed by atoms with Crippen LogP contribution in [0.2, 0.25) is 0 Å². The van der Waals surface area contributed by atoms with E-state index in [0.29, 0.717) is 13.0 Å². The molecule has 0 aromatic heterocycles. The Balaban J connectivity index is 3.46. The standard InChI is InChI=1S/C24H49NO3/c1-3-5-7-9-10-11-12-17-23-28-24(27)18-14-13-16-20-25(21-22-26)19-15-8-6-4-2/h26H,3-23H2,1-2H3. The van der Waals surface area contributed by atoms with Gasteiger partial charge in [-0.15, -0.1) is 0 Å². The third-order valence-corrected chi connectivity index (χ3v) is 5.36. The maximum Gasteiger partial charge on any atom is 0.305 e. The van der Waals surface area contributed by atoms with Crippen LogP contribution in [0.4, 0.5) is 0 Å². The Kier molecular flexibility index (Phi) is 22.2. The normalized spacial score (nSPS) is 11.3. The van der Waals surface area contributed by atoms with E-state index in [1.165, 1.54) is 70.6 Å². The lowest BCUT2D eigenvalue weighted by Gasteiger charge is -2.21. The Morgan fingerprint density at radius 1 is 0.679 bits per heavy atom. The van der Waals surface area contributed by atoms with Crippen molar-refractivity contribution in [2.75, 3.05) is 32.8 Å². The smallest absolute Gasteiger partial charge is 0.305 e. The SMILES string of the molecule is CCCCCCCCCCOC(=O)CCCCCN(CCO)CCCCCC. The molecule has 0 spiro atoms. The van der Waals surface area contributed by atoms with Gasteiger partial charge in [0.25, 0.3) is 0 Å². The Bertz CT molecular complexity index is 323. The van der Waals surface area contributed by atoms with E-state index in [1.807, 2.05) is 0 Å². The molecule has 28 heavy (non-hydrogen) atoms. The molecule has 0 rings (SSSR count). The number of carbonyl (C=O) groups excluding carboxylic acids is 1. The third-order valence-electron chi connectivity index (χ3n) is 5.36. The fraction of sp³-hybridized carbons (Fsp3) is 0.958. The summed E-state index contributed by atoms with van der Waals surface area (Å²) in [6.07, 6.45) is 18.8. The number of carbonyl (C=O) groups is 1. The first kappa shape index (κ1) is 27.4. The van der Waals surface area contributed by atoms with Crippen LogP contribution < -0.4 is 0 Å². The highest BCUT2D eigenvalue weighted by Crippen LogP contribution is 2.09. The van der Waals surface area contributed by atoms with Crippen LogP contribution in [-0.2, 0) is 9.53 Å². The van der Waals surface area contributed by atoms with Crippen molar-refractivity contribution in [3.05, 3.63) is 0 Å². The monoisotopic (exact) mass is 399 g/mol. The van der Waals surface area contributed by atoms with E-state index in [4.69, 9.17) is 4.74 Å². The molecule has 0 fully saturated rings. The zero-order chi connectivity index (χ0) is 20.7. The largest absolute Gasteiger partial charge is 0.466 e. The topological polar surface area (TPSA) is 49.8 Å². The van der Waals surface area contributed by atoms with Crippen LogP contribution in [0.25, 0.3) is 0 Å². The van der Waals surface area contributed by atoms with Crippen molar-refractivity contribution < 1.29 is 14.6 Å². The molecule has 0 bridgehead atoms. The van der Waals surface area contributed by atoms with Crippen molar-refractivity contribution >= 4 is 5.97 Å². The molecule has 1 N–H and O–H groups in total. The number of unbranched alkanes of at least 4 members (excludes halogenated alkanes) is 12. The Morgan fingerprint density at radius 2 is 1.18 bits per heavy atom. The molecule has 0 atom stereocenters. The first-order chi connectivity index (χ1) is 13.7. The molecular formula is C24H49NO3. The van der Waals surface area contributed by atoms with Crippen LogP contribution in [0.5, 0.6) is 0 Å². The molecule has 0 aliphatic carbocycles. The van der Waals surface area contributed by atoms with E-state index in [9.17, 15) is 9.90 Å². The summed E-state index contributed by atoms with van der Waals surface area (Å²) >= 11 is 0. The van der Waals surface area contributed by atoms with Crippen LogP contribution in [0.3, 0.4) is 0 Å². The van der Waals surface area contributed by atoms with Crippen LogP contribution >= 0.6 is 0 Å². The van der Waals surface area contributed by atoms with Gasteiger partial charge in [-0.2, -0.15) is 0 Å². The van der Waals surface area contributed by atoms with Crippen LogP contribution in [0, 0.1) is 0 Å². The Labute approximate surface area is 175 Å². The van der Waals surface area contributed by atoms with Gasteiger partial charge < -0.3 is 14.7 Å². The average Bonchev–Trinajstić information content (AvgIpc) is 2.69. The maximum absolute atomic E-state index is 11.8. The number of nitrogens with zero attached hydrogens (tertiary/aromatic N) is 1. The van der Waals surface area contributed by atoms with Crippen molar-refractivity contribution in [2.45, 2.75) is 117 Å². The summed E-state index contributed by atoms with van der Waals surface area (Å²) in [5.41, 5.74) is 0. The number of aliphatic hydroxyl groups is 1. The molecule has 0 heterocycles. The van der Waals surface area contributed by atoms with Gasteiger partial charge in [-0.1, -0.05) is 84.5 Å². The lowest BCUT2D eigenvalue weighted by Crippen LogP contribution is -2.29. The summed E-state index contributed by atoms with van der Waals surface area (Å²) < 4.78 is 5.35. The maximum atomic E-state index is 11.8. The van der Waals surface area contributed by atoms with E-state index in [2.05, 4.69) is 18.7 Å². The molecular weight excluding hydrogens is 350 g/mol. The zero-order valence-electron chi connectivity index (χ0n) is 19.1. The van der Waals surface area contributed by atoms with Crippen molar-refractivity contribution in [1.29, 1.82) is 0 Å². The van der Waals surface area contributed by atoms with Crippen molar-refractivity contribution in [2.24, 2.45) is 0 Å². The van der Waals surface area contributed by atoms with Crippen LogP contribution in [-0.4, -0.2) is 48.8 Å². The molecule has 0 amide bonds. The first-order valence-electron chi connectivity index (χ1n) is 12.2. The average molecular weight is 400 g/mol.